The number of likely N-dealkylation sites (tertiary alicyclic amines) is 1. The van der Waals surface area contributed by atoms with Crippen molar-refractivity contribution in [3.63, 3.8) is 0 Å². The van der Waals surface area contributed by atoms with Gasteiger partial charge in [0.25, 0.3) is 0 Å². The number of nitrogens with zero attached hydrogens (tertiary/aromatic N) is 4. The Bertz CT molecular complexity index is 484. The largest absolute Gasteiger partial charge is 0.379 e. The molecule has 1 unspecified atom stereocenters. The van der Waals surface area contributed by atoms with Crippen LogP contribution in [0.2, 0.25) is 0 Å². The van der Waals surface area contributed by atoms with E-state index in [1.165, 1.54) is 11.8 Å². The molecule has 23 heavy (non-hydrogen) atoms. The van der Waals surface area contributed by atoms with Crippen LogP contribution in [-0.2, 0) is 9.59 Å². The minimum atomic E-state index is 0.0299. The Hall–Kier alpha value is -1.28. The molecule has 2 saturated heterocycles. The van der Waals surface area contributed by atoms with Gasteiger partial charge in [0.2, 0.25) is 11.8 Å². The first-order chi connectivity index (χ1) is 11.1. The highest BCUT2D eigenvalue weighted by atomic mass is 32.2. The number of hydrogen-bond acceptors (Lipinski definition) is 6. The van der Waals surface area contributed by atoms with Gasteiger partial charge in [0.1, 0.15) is 0 Å². The second-order valence-corrected chi connectivity index (χ2v) is 7.42. The van der Waals surface area contributed by atoms with Crippen molar-refractivity contribution in [1.82, 2.24) is 14.7 Å². The zero-order valence-corrected chi connectivity index (χ0v) is 14.3. The lowest BCUT2D eigenvalue weighted by molar-refractivity contribution is -0.134. The number of aliphatic imine (C=N–C) groups is 1. The monoisotopic (exact) mass is 339 g/mol. The summed E-state index contributed by atoms with van der Waals surface area (Å²) < 4.78 is 0. The molecule has 0 spiro atoms. The third kappa shape index (κ3) is 4.38. The molecule has 3 aliphatic rings. The number of carbonyl (C=O) groups is 2. The van der Waals surface area contributed by atoms with Crippen molar-refractivity contribution in [3.05, 3.63) is 0 Å². The molecular formula is C15H25N5O2S. The fourth-order valence-electron chi connectivity index (χ4n) is 3.28. The molecule has 0 aliphatic carbocycles. The van der Waals surface area contributed by atoms with Crippen molar-refractivity contribution in [2.24, 2.45) is 10.7 Å². The molecule has 8 heteroatoms. The maximum atomic E-state index is 12.3. The van der Waals surface area contributed by atoms with E-state index < -0.39 is 0 Å². The first kappa shape index (κ1) is 16.6. The van der Waals surface area contributed by atoms with E-state index in [9.17, 15) is 9.59 Å². The predicted molar refractivity (Wildman–Crippen MR) is 91.3 cm³/mol. The summed E-state index contributed by atoms with van der Waals surface area (Å²) in [6.45, 7) is 5.24. The molecule has 3 rings (SSSR count). The van der Waals surface area contributed by atoms with E-state index in [4.69, 9.17) is 5.73 Å². The molecule has 128 valence electrons. The van der Waals surface area contributed by atoms with E-state index in [-0.39, 0.29) is 17.9 Å². The lowest BCUT2D eigenvalue weighted by Gasteiger charge is -2.35. The van der Waals surface area contributed by atoms with E-state index in [0.717, 1.165) is 44.8 Å². The minimum absolute atomic E-state index is 0.0299. The molecule has 1 atom stereocenters. The van der Waals surface area contributed by atoms with Gasteiger partial charge in [-0.2, -0.15) is 0 Å². The van der Waals surface area contributed by atoms with Gasteiger partial charge >= 0.3 is 0 Å². The third-order valence-corrected chi connectivity index (χ3v) is 5.64. The first-order valence-corrected chi connectivity index (χ1v) is 9.34. The van der Waals surface area contributed by atoms with Crippen molar-refractivity contribution in [3.8, 4) is 0 Å². The zero-order chi connectivity index (χ0) is 16.2. The third-order valence-electron chi connectivity index (χ3n) is 4.69. The summed E-state index contributed by atoms with van der Waals surface area (Å²) in [7, 11) is 0. The topological polar surface area (TPSA) is 82.2 Å². The highest BCUT2D eigenvalue weighted by Crippen LogP contribution is 2.19. The quantitative estimate of drug-likeness (QED) is 0.752. The maximum Gasteiger partial charge on any atom is 0.236 e. The zero-order valence-electron chi connectivity index (χ0n) is 13.4. The van der Waals surface area contributed by atoms with Crippen LogP contribution in [0.1, 0.15) is 19.3 Å². The van der Waals surface area contributed by atoms with Gasteiger partial charge in [-0.1, -0.05) is 11.8 Å². The summed E-state index contributed by atoms with van der Waals surface area (Å²) in [6.07, 6.45) is 2.70. The highest BCUT2D eigenvalue weighted by Gasteiger charge is 2.27. The van der Waals surface area contributed by atoms with Crippen LogP contribution in [0.3, 0.4) is 0 Å². The number of amides is 2. The fraction of sp³-hybridized carbons (Fsp3) is 0.800. The van der Waals surface area contributed by atoms with Crippen molar-refractivity contribution in [1.29, 1.82) is 0 Å². The van der Waals surface area contributed by atoms with Gasteiger partial charge in [-0.25, -0.2) is 0 Å². The molecule has 7 nitrogen and oxygen atoms in total. The summed E-state index contributed by atoms with van der Waals surface area (Å²) in [4.78, 5) is 34.8. The number of thioether (sulfide) groups is 1. The van der Waals surface area contributed by atoms with Gasteiger partial charge in [-0.3, -0.25) is 19.5 Å². The molecule has 0 saturated carbocycles. The molecule has 0 bridgehead atoms. The Morgan fingerprint density at radius 1 is 1.04 bits per heavy atom. The van der Waals surface area contributed by atoms with Crippen LogP contribution in [-0.4, -0.2) is 89.3 Å². The standard InChI is InChI=1S/C15H25N5O2S/c16-15-17-12(11-23-15)9-13(21)20-7-5-18(6-8-20)10-14(22)19-3-1-2-4-19/h12H,1-11H2,(H2,16,17). The van der Waals surface area contributed by atoms with E-state index in [0.29, 0.717) is 31.2 Å². The van der Waals surface area contributed by atoms with Crippen LogP contribution >= 0.6 is 11.8 Å². The molecule has 0 aromatic rings. The predicted octanol–water partition coefficient (Wildman–Crippen LogP) is -0.427. The van der Waals surface area contributed by atoms with Gasteiger partial charge in [0.15, 0.2) is 5.17 Å². The number of piperazine rings is 1. The number of carbonyl (C=O) groups excluding carboxylic acids is 2. The minimum Gasteiger partial charge on any atom is -0.379 e. The summed E-state index contributed by atoms with van der Waals surface area (Å²) >= 11 is 1.52. The second-order valence-electron chi connectivity index (χ2n) is 6.38. The van der Waals surface area contributed by atoms with Gasteiger partial charge in [-0.05, 0) is 12.8 Å². The smallest absolute Gasteiger partial charge is 0.236 e. The summed E-state index contributed by atoms with van der Waals surface area (Å²) in [5.41, 5.74) is 5.64. The van der Waals surface area contributed by atoms with Crippen LogP contribution in [0.15, 0.2) is 4.99 Å². The molecule has 0 aromatic heterocycles. The Morgan fingerprint density at radius 2 is 1.70 bits per heavy atom. The van der Waals surface area contributed by atoms with Gasteiger partial charge < -0.3 is 15.5 Å². The Morgan fingerprint density at radius 3 is 2.30 bits per heavy atom. The van der Waals surface area contributed by atoms with Crippen molar-refractivity contribution in [2.75, 3.05) is 51.6 Å². The van der Waals surface area contributed by atoms with E-state index in [1.54, 1.807) is 0 Å². The maximum absolute atomic E-state index is 12.3. The Labute approximate surface area is 141 Å². The number of amidine groups is 1. The van der Waals surface area contributed by atoms with Crippen molar-refractivity contribution >= 4 is 28.7 Å². The summed E-state index contributed by atoms with van der Waals surface area (Å²) in [5.74, 6) is 1.19. The molecule has 2 N–H and O–H groups in total. The van der Waals surface area contributed by atoms with E-state index in [1.807, 2.05) is 9.80 Å². The lowest BCUT2D eigenvalue weighted by atomic mass is 10.2. The average Bonchev–Trinajstić information content (AvgIpc) is 3.20. The van der Waals surface area contributed by atoms with Crippen LogP contribution in [0.4, 0.5) is 0 Å². The van der Waals surface area contributed by atoms with Crippen LogP contribution < -0.4 is 5.73 Å². The second kappa shape index (κ2) is 7.53. The van der Waals surface area contributed by atoms with Crippen LogP contribution in [0.5, 0.6) is 0 Å². The number of nitrogens with two attached hydrogens (primary N) is 1. The van der Waals surface area contributed by atoms with Gasteiger partial charge in [0, 0.05) is 45.0 Å². The van der Waals surface area contributed by atoms with Crippen LogP contribution in [0.25, 0.3) is 0 Å². The Balaban J connectivity index is 1.39. The fourth-order valence-corrected chi connectivity index (χ4v) is 4.06. The summed E-state index contributed by atoms with van der Waals surface area (Å²) in [5, 5.41) is 0.591. The average molecular weight is 339 g/mol. The van der Waals surface area contributed by atoms with Crippen molar-refractivity contribution in [2.45, 2.75) is 25.3 Å². The molecular weight excluding hydrogens is 314 g/mol. The molecule has 3 heterocycles. The first-order valence-electron chi connectivity index (χ1n) is 8.36. The normalized spacial score (nSPS) is 25.7. The SMILES string of the molecule is NC1=NC(CC(=O)N2CCN(CC(=O)N3CCCC3)CC2)CS1. The molecule has 0 aromatic carbocycles. The van der Waals surface area contributed by atoms with E-state index >= 15 is 0 Å². The molecule has 2 amide bonds. The lowest BCUT2D eigenvalue weighted by Crippen LogP contribution is -2.51. The molecule has 2 fully saturated rings. The highest BCUT2D eigenvalue weighted by molar-refractivity contribution is 8.14. The van der Waals surface area contributed by atoms with Crippen LogP contribution in [0, 0.1) is 0 Å². The number of rotatable bonds is 4. The number of hydrogen-bond donors (Lipinski definition) is 1. The summed E-state index contributed by atoms with van der Waals surface area (Å²) in [6, 6.07) is 0.0299. The van der Waals surface area contributed by atoms with E-state index in [2.05, 4.69) is 9.89 Å². The van der Waals surface area contributed by atoms with Crippen molar-refractivity contribution < 1.29 is 9.59 Å². The molecule has 0 radical (unpaired) electrons. The van der Waals surface area contributed by atoms with Gasteiger partial charge in [0.05, 0.1) is 19.0 Å². The van der Waals surface area contributed by atoms with Gasteiger partial charge in [-0.15, -0.1) is 0 Å². The Kier molecular flexibility index (Phi) is 5.42. The molecule has 3 aliphatic heterocycles.